The van der Waals surface area contributed by atoms with E-state index in [1.54, 1.807) is 44.4 Å². The third-order valence-corrected chi connectivity index (χ3v) is 8.12. The number of carbonyl (C=O) groups is 1. The van der Waals surface area contributed by atoms with Crippen LogP contribution in [-0.2, 0) is 7.05 Å². The number of aliphatic hydroxyl groups is 3. The molecule has 1 aromatic carbocycles. The molecule has 15 nitrogen and oxygen atoms in total. The Morgan fingerprint density at radius 2 is 1.98 bits per heavy atom. The van der Waals surface area contributed by atoms with E-state index in [2.05, 4.69) is 25.5 Å². The number of thioether (sulfide) groups is 1. The number of amides is 1. The van der Waals surface area contributed by atoms with Crippen LogP contribution in [-0.4, -0.2) is 85.9 Å². The van der Waals surface area contributed by atoms with Gasteiger partial charge in [0.1, 0.15) is 17.6 Å². The molecule has 4 atom stereocenters. The number of benzene rings is 1. The van der Waals surface area contributed by atoms with Crippen LogP contribution in [0.25, 0.3) is 16.9 Å². The van der Waals surface area contributed by atoms with Gasteiger partial charge in [-0.05, 0) is 25.1 Å². The van der Waals surface area contributed by atoms with Crippen LogP contribution in [0, 0.1) is 0 Å². The average molecular weight is 632 g/mol. The molecule has 0 spiro atoms. The van der Waals surface area contributed by atoms with Crippen molar-refractivity contribution in [2.75, 3.05) is 18.9 Å². The van der Waals surface area contributed by atoms with Gasteiger partial charge in [-0.2, -0.15) is 19.9 Å². The maximum Gasteiger partial charge on any atom is 0.353 e. The van der Waals surface area contributed by atoms with Crippen molar-refractivity contribution in [1.82, 2.24) is 39.4 Å². The number of aromatic nitrogens is 7. The Kier molecular flexibility index (Phi) is 10.3. The van der Waals surface area contributed by atoms with Gasteiger partial charge in [0.05, 0.1) is 48.0 Å². The second kappa shape index (κ2) is 13.9. The maximum absolute atomic E-state index is 12.8. The lowest BCUT2D eigenvalue weighted by atomic mass is 10.1. The van der Waals surface area contributed by atoms with Crippen LogP contribution >= 0.6 is 23.4 Å². The summed E-state index contributed by atoms with van der Waals surface area (Å²) in [6, 6.07) is 7.84. The molecule has 17 heteroatoms. The van der Waals surface area contributed by atoms with Gasteiger partial charge in [0.25, 0.3) is 11.5 Å². The number of rotatable bonds is 7. The van der Waals surface area contributed by atoms with E-state index in [-0.39, 0.29) is 35.3 Å². The van der Waals surface area contributed by atoms with Gasteiger partial charge in [0.15, 0.2) is 0 Å². The Morgan fingerprint density at radius 1 is 1.26 bits per heavy atom. The molecule has 1 saturated heterocycles. The standard InChI is InChI=1S/C18H18ClN5O3.C8H12N4O3S/c1-11(10-25)21-17(26)15-7-16(12-3-5-13(19)6-4-12)22-24(18(15)27)14-8-20-23(2)9-14;9-7-10-3-12(8(15)11-7)6-1-4(14)5(2-13)16-6/h3-9,11,25H,10H2,1-2H3,(H,21,26);3-6,13-14H,1-2H2,(H2,9,11,15). The molecule has 0 bridgehead atoms. The first-order chi connectivity index (χ1) is 20.5. The first-order valence-electron chi connectivity index (χ1n) is 13.0. The number of carbonyl (C=O) groups excluding carboxylic acids is 1. The van der Waals surface area contributed by atoms with Crippen LogP contribution in [0.15, 0.2) is 58.6 Å². The number of nitrogens with two attached hydrogens (primary N) is 1. The zero-order valence-electron chi connectivity index (χ0n) is 23.1. The predicted molar refractivity (Wildman–Crippen MR) is 160 cm³/mol. The summed E-state index contributed by atoms with van der Waals surface area (Å²) in [5.41, 5.74) is 5.68. The van der Waals surface area contributed by atoms with Crippen LogP contribution in [0.2, 0.25) is 5.02 Å². The normalized spacial score (nSPS) is 18.5. The fourth-order valence-corrected chi connectivity index (χ4v) is 5.55. The molecule has 4 aromatic rings. The second-order valence-electron chi connectivity index (χ2n) is 9.62. The highest BCUT2D eigenvalue weighted by molar-refractivity contribution is 8.00. The minimum Gasteiger partial charge on any atom is -0.395 e. The first kappa shape index (κ1) is 31.8. The minimum atomic E-state index is -0.621. The molecule has 1 aliphatic heterocycles. The summed E-state index contributed by atoms with van der Waals surface area (Å²) in [7, 11) is 1.72. The van der Waals surface area contributed by atoms with Crippen molar-refractivity contribution in [3.8, 4) is 16.9 Å². The van der Waals surface area contributed by atoms with Crippen molar-refractivity contribution >= 4 is 35.2 Å². The van der Waals surface area contributed by atoms with E-state index in [1.807, 2.05) is 0 Å². The molecule has 0 saturated carbocycles. The Hall–Kier alpha value is -4.09. The molecule has 4 heterocycles. The van der Waals surface area contributed by atoms with Gasteiger partial charge in [-0.1, -0.05) is 23.7 Å². The number of anilines is 1. The van der Waals surface area contributed by atoms with Gasteiger partial charge in [0.2, 0.25) is 5.95 Å². The number of hydrogen-bond donors (Lipinski definition) is 5. The summed E-state index contributed by atoms with van der Waals surface area (Å²) in [6.45, 7) is 1.28. The van der Waals surface area contributed by atoms with Gasteiger partial charge in [-0.3, -0.25) is 18.8 Å². The summed E-state index contributed by atoms with van der Waals surface area (Å²) in [6.07, 6.45) is 4.19. The van der Waals surface area contributed by atoms with E-state index in [9.17, 15) is 19.5 Å². The molecule has 228 valence electrons. The van der Waals surface area contributed by atoms with E-state index >= 15 is 0 Å². The quantitative estimate of drug-likeness (QED) is 0.182. The van der Waals surface area contributed by atoms with E-state index in [4.69, 9.17) is 27.5 Å². The van der Waals surface area contributed by atoms with Crippen LogP contribution in [0.3, 0.4) is 0 Å². The Morgan fingerprint density at radius 3 is 2.56 bits per heavy atom. The highest BCUT2D eigenvalue weighted by Crippen LogP contribution is 2.40. The largest absolute Gasteiger partial charge is 0.395 e. The fourth-order valence-electron chi connectivity index (χ4n) is 4.06. The van der Waals surface area contributed by atoms with Gasteiger partial charge < -0.3 is 26.4 Å². The number of hydrogen-bond acceptors (Lipinski definition) is 12. The Bertz CT molecular complexity index is 1690. The molecule has 1 amide bonds. The van der Waals surface area contributed by atoms with E-state index in [1.165, 1.54) is 39.6 Å². The molecule has 5 rings (SSSR count). The molecular weight excluding hydrogens is 602 g/mol. The SMILES string of the molecule is CC(CO)NC(=O)c1cc(-c2ccc(Cl)cc2)nn(-c2cnn(C)c2)c1=O.Nc1ncn(C2CC(O)C(CO)S2)c(=O)n1. The highest BCUT2D eigenvalue weighted by atomic mass is 35.5. The number of nitrogen functional groups attached to an aromatic ring is 1. The van der Waals surface area contributed by atoms with Crippen molar-refractivity contribution < 1.29 is 20.1 Å². The monoisotopic (exact) mass is 631 g/mol. The smallest absolute Gasteiger partial charge is 0.353 e. The number of aryl methyl sites for hydroxylation is 1. The summed E-state index contributed by atoms with van der Waals surface area (Å²) in [5, 5.41) is 38.8. The summed E-state index contributed by atoms with van der Waals surface area (Å²) in [4.78, 5) is 44.1. The van der Waals surface area contributed by atoms with Crippen molar-refractivity contribution in [1.29, 1.82) is 0 Å². The summed E-state index contributed by atoms with van der Waals surface area (Å²) >= 11 is 7.27. The summed E-state index contributed by atoms with van der Waals surface area (Å²) in [5.74, 6) is -0.652. The van der Waals surface area contributed by atoms with Gasteiger partial charge in [-0.25, -0.2) is 9.78 Å². The zero-order chi connectivity index (χ0) is 31.3. The van der Waals surface area contributed by atoms with E-state index < -0.39 is 29.3 Å². The minimum absolute atomic E-state index is 0.0662. The molecule has 3 aromatic heterocycles. The topological polar surface area (TPSA) is 216 Å². The lowest BCUT2D eigenvalue weighted by Gasteiger charge is -2.13. The van der Waals surface area contributed by atoms with Crippen molar-refractivity contribution in [2.24, 2.45) is 7.05 Å². The van der Waals surface area contributed by atoms with Gasteiger partial charge in [-0.15, -0.1) is 11.8 Å². The Labute approximate surface area is 254 Å². The lowest BCUT2D eigenvalue weighted by molar-refractivity contribution is 0.0920. The third-order valence-electron chi connectivity index (χ3n) is 6.32. The number of nitrogens with one attached hydrogen (secondary N) is 1. The fraction of sp³-hybridized carbons (Fsp3) is 0.346. The predicted octanol–water partition coefficient (Wildman–Crippen LogP) is -0.0252. The van der Waals surface area contributed by atoms with Crippen molar-refractivity contribution in [3.05, 3.63) is 80.5 Å². The molecular formula is C26H30ClN9O6S. The van der Waals surface area contributed by atoms with Gasteiger partial charge >= 0.3 is 5.69 Å². The number of halogens is 1. The van der Waals surface area contributed by atoms with E-state index in [0.717, 1.165) is 4.68 Å². The third kappa shape index (κ3) is 7.66. The second-order valence-corrected chi connectivity index (χ2v) is 11.5. The Balaban J connectivity index is 0.000000225. The molecule has 1 fully saturated rings. The van der Waals surface area contributed by atoms with Crippen LogP contribution in [0.1, 0.15) is 29.1 Å². The molecule has 1 aliphatic rings. The van der Waals surface area contributed by atoms with Crippen LogP contribution < -0.4 is 22.3 Å². The summed E-state index contributed by atoms with van der Waals surface area (Å²) < 4.78 is 3.99. The highest BCUT2D eigenvalue weighted by Gasteiger charge is 2.34. The van der Waals surface area contributed by atoms with E-state index in [0.29, 0.717) is 28.4 Å². The molecule has 0 aliphatic carbocycles. The molecule has 4 unspecified atom stereocenters. The van der Waals surface area contributed by atoms with Crippen LogP contribution in [0.5, 0.6) is 0 Å². The van der Waals surface area contributed by atoms with Crippen molar-refractivity contribution in [3.63, 3.8) is 0 Å². The maximum atomic E-state index is 12.8. The zero-order valence-corrected chi connectivity index (χ0v) is 24.7. The van der Waals surface area contributed by atoms with Crippen LogP contribution in [0.4, 0.5) is 5.95 Å². The average Bonchev–Trinajstić information content (AvgIpc) is 3.58. The molecule has 43 heavy (non-hydrogen) atoms. The number of aliphatic hydroxyl groups excluding tert-OH is 3. The first-order valence-corrected chi connectivity index (χ1v) is 14.3. The molecule has 6 N–H and O–H groups in total. The van der Waals surface area contributed by atoms with Crippen molar-refractivity contribution in [2.45, 2.75) is 36.1 Å². The lowest BCUT2D eigenvalue weighted by Crippen LogP contribution is -2.39. The number of nitrogens with zero attached hydrogens (tertiary/aromatic N) is 7. The molecule has 0 radical (unpaired) electrons. The van der Waals surface area contributed by atoms with Gasteiger partial charge in [0, 0.05) is 30.1 Å².